The Morgan fingerprint density at radius 3 is 2.66 bits per heavy atom. The van der Waals surface area contributed by atoms with Crippen LogP contribution >= 0.6 is 23.1 Å². The predicted octanol–water partition coefficient (Wildman–Crippen LogP) is 4.30. The van der Waals surface area contributed by atoms with E-state index in [0.29, 0.717) is 9.90 Å². The first-order valence-electron chi connectivity index (χ1n) is 8.26. The standard InChI is InChI=1S/C18H15F3N2O4S2/c1-8-5-10(17(26)27-2)16(28-8)23-14(24)7-13-15(25)22-11-6-9(18(19,20)21)3-4-12(11)29-13/h3-6,13H,7H2,1-2H3,(H,22,25)(H,23,24)/t13-/m0/s1. The van der Waals surface area contributed by atoms with Gasteiger partial charge < -0.3 is 15.4 Å². The van der Waals surface area contributed by atoms with Gasteiger partial charge in [-0.05, 0) is 31.2 Å². The van der Waals surface area contributed by atoms with E-state index in [4.69, 9.17) is 0 Å². The number of thiophene rings is 1. The molecule has 0 saturated heterocycles. The number of thioether (sulfide) groups is 1. The molecule has 0 saturated carbocycles. The molecule has 0 fully saturated rings. The van der Waals surface area contributed by atoms with Crippen LogP contribution in [-0.2, 0) is 20.5 Å². The highest BCUT2D eigenvalue weighted by Crippen LogP contribution is 2.40. The van der Waals surface area contributed by atoms with Crippen LogP contribution in [0.3, 0.4) is 0 Å². The lowest BCUT2D eigenvalue weighted by Crippen LogP contribution is -2.32. The maximum absolute atomic E-state index is 12.8. The van der Waals surface area contributed by atoms with Gasteiger partial charge in [0.1, 0.15) is 5.00 Å². The molecule has 1 aliphatic heterocycles. The van der Waals surface area contributed by atoms with E-state index in [1.54, 1.807) is 13.0 Å². The summed E-state index contributed by atoms with van der Waals surface area (Å²) in [6, 6.07) is 4.65. The Kier molecular flexibility index (Phi) is 5.90. The molecule has 0 radical (unpaired) electrons. The predicted molar refractivity (Wildman–Crippen MR) is 103 cm³/mol. The lowest BCUT2D eigenvalue weighted by atomic mass is 10.1. The molecule has 154 valence electrons. The summed E-state index contributed by atoms with van der Waals surface area (Å²) in [6.07, 6.45) is -4.73. The van der Waals surface area contributed by atoms with Crippen molar-refractivity contribution in [3.63, 3.8) is 0 Å². The molecule has 0 bridgehead atoms. The number of benzene rings is 1. The Hall–Kier alpha value is -2.53. The number of esters is 1. The van der Waals surface area contributed by atoms with E-state index in [1.807, 2.05) is 0 Å². The summed E-state index contributed by atoms with van der Waals surface area (Å²) in [7, 11) is 1.23. The highest BCUT2D eigenvalue weighted by Gasteiger charge is 2.34. The number of hydrogen-bond donors (Lipinski definition) is 2. The zero-order chi connectivity index (χ0) is 21.3. The zero-order valence-corrected chi connectivity index (χ0v) is 16.8. The summed E-state index contributed by atoms with van der Waals surface area (Å²) in [4.78, 5) is 37.7. The lowest BCUT2D eigenvalue weighted by Gasteiger charge is -2.24. The largest absolute Gasteiger partial charge is 0.465 e. The van der Waals surface area contributed by atoms with Gasteiger partial charge in [0.15, 0.2) is 0 Å². The van der Waals surface area contributed by atoms with Gasteiger partial charge in [-0.25, -0.2) is 4.79 Å². The van der Waals surface area contributed by atoms with Crippen LogP contribution in [0, 0.1) is 6.92 Å². The second-order valence-corrected chi connectivity index (χ2v) is 8.65. The Labute approximate surface area is 171 Å². The minimum Gasteiger partial charge on any atom is -0.465 e. The van der Waals surface area contributed by atoms with Gasteiger partial charge in [-0.3, -0.25) is 9.59 Å². The molecular weight excluding hydrogens is 429 g/mol. The van der Waals surface area contributed by atoms with Crippen molar-refractivity contribution in [1.82, 2.24) is 0 Å². The van der Waals surface area contributed by atoms with Crippen molar-refractivity contribution < 1.29 is 32.3 Å². The zero-order valence-electron chi connectivity index (χ0n) is 15.2. The molecule has 1 aliphatic rings. The van der Waals surface area contributed by atoms with Gasteiger partial charge in [0.05, 0.1) is 29.2 Å². The van der Waals surface area contributed by atoms with E-state index in [1.165, 1.54) is 24.5 Å². The smallest absolute Gasteiger partial charge is 0.416 e. The minimum atomic E-state index is -4.52. The molecule has 2 heterocycles. The minimum absolute atomic E-state index is 0.0633. The van der Waals surface area contributed by atoms with E-state index in [2.05, 4.69) is 15.4 Å². The number of halogens is 3. The number of methoxy groups -OCH3 is 1. The van der Waals surface area contributed by atoms with Crippen LogP contribution in [-0.4, -0.2) is 30.1 Å². The maximum atomic E-state index is 12.8. The number of rotatable bonds is 4. The fourth-order valence-electron chi connectivity index (χ4n) is 2.68. The molecule has 0 spiro atoms. The van der Waals surface area contributed by atoms with Gasteiger partial charge >= 0.3 is 12.1 Å². The number of anilines is 2. The molecule has 11 heteroatoms. The molecule has 3 rings (SSSR count). The van der Waals surface area contributed by atoms with Crippen molar-refractivity contribution in [3.05, 3.63) is 40.3 Å². The van der Waals surface area contributed by atoms with Crippen molar-refractivity contribution in [3.8, 4) is 0 Å². The topological polar surface area (TPSA) is 84.5 Å². The normalized spacial score (nSPS) is 16.0. The molecule has 2 aromatic rings. The first-order chi connectivity index (χ1) is 13.6. The van der Waals surface area contributed by atoms with Crippen LogP contribution < -0.4 is 10.6 Å². The second kappa shape index (κ2) is 8.07. The Morgan fingerprint density at radius 1 is 1.28 bits per heavy atom. The van der Waals surface area contributed by atoms with Crippen LogP contribution in [0.1, 0.15) is 27.2 Å². The number of nitrogens with one attached hydrogen (secondary N) is 2. The van der Waals surface area contributed by atoms with Crippen LogP contribution in [0.25, 0.3) is 0 Å². The summed E-state index contributed by atoms with van der Waals surface area (Å²) in [5, 5.41) is 4.53. The molecule has 1 aromatic heterocycles. The number of hydrogen-bond acceptors (Lipinski definition) is 6. The average Bonchev–Trinajstić information content (AvgIpc) is 3.00. The van der Waals surface area contributed by atoms with E-state index in [0.717, 1.165) is 28.8 Å². The summed E-state index contributed by atoms with van der Waals surface area (Å²) in [5.74, 6) is -1.66. The van der Waals surface area contributed by atoms with E-state index in [9.17, 15) is 27.6 Å². The fourth-order valence-corrected chi connectivity index (χ4v) is 4.68. The number of carbonyl (C=O) groups excluding carboxylic acids is 3. The third kappa shape index (κ3) is 4.73. The summed E-state index contributed by atoms with van der Waals surface area (Å²) < 4.78 is 43.1. The van der Waals surface area contributed by atoms with Gasteiger partial charge in [-0.1, -0.05) is 0 Å². The average molecular weight is 444 g/mol. The third-order valence-electron chi connectivity index (χ3n) is 4.01. The molecule has 0 aliphatic carbocycles. The molecule has 6 nitrogen and oxygen atoms in total. The molecule has 2 N–H and O–H groups in total. The molecule has 0 unspecified atom stereocenters. The number of fused-ring (bicyclic) bond motifs is 1. The summed E-state index contributed by atoms with van der Waals surface area (Å²) in [6.45, 7) is 1.77. The number of aryl methyl sites for hydroxylation is 1. The Morgan fingerprint density at radius 2 is 2.00 bits per heavy atom. The van der Waals surface area contributed by atoms with Gasteiger partial charge in [-0.2, -0.15) is 13.2 Å². The fraction of sp³-hybridized carbons (Fsp3) is 0.278. The van der Waals surface area contributed by atoms with Crippen LogP contribution in [0.4, 0.5) is 23.9 Å². The lowest BCUT2D eigenvalue weighted by molar-refractivity contribution is -0.137. The van der Waals surface area contributed by atoms with Crippen LogP contribution in [0.2, 0.25) is 0 Å². The van der Waals surface area contributed by atoms with Crippen LogP contribution in [0.5, 0.6) is 0 Å². The maximum Gasteiger partial charge on any atom is 0.416 e. The number of carbonyl (C=O) groups is 3. The van der Waals surface area contributed by atoms with Crippen molar-refractivity contribution in [2.45, 2.75) is 29.7 Å². The summed E-state index contributed by atoms with van der Waals surface area (Å²) >= 11 is 2.21. The Balaban J connectivity index is 1.71. The molecule has 2 amide bonds. The van der Waals surface area contributed by atoms with E-state index in [-0.39, 0.29) is 17.7 Å². The van der Waals surface area contributed by atoms with Crippen molar-refractivity contribution in [2.24, 2.45) is 0 Å². The van der Waals surface area contributed by atoms with Crippen molar-refractivity contribution >= 4 is 51.6 Å². The van der Waals surface area contributed by atoms with Gasteiger partial charge in [-0.15, -0.1) is 23.1 Å². The molecule has 1 atom stereocenters. The monoisotopic (exact) mass is 444 g/mol. The van der Waals surface area contributed by atoms with E-state index >= 15 is 0 Å². The van der Waals surface area contributed by atoms with Crippen molar-refractivity contribution in [2.75, 3.05) is 17.7 Å². The highest BCUT2D eigenvalue weighted by molar-refractivity contribution is 8.01. The van der Waals surface area contributed by atoms with Gasteiger partial charge in [0.25, 0.3) is 0 Å². The quantitative estimate of drug-likeness (QED) is 0.687. The highest BCUT2D eigenvalue weighted by atomic mass is 32.2. The van der Waals surface area contributed by atoms with E-state index < -0.39 is 34.8 Å². The Bertz CT molecular complexity index is 988. The second-order valence-electron chi connectivity index (χ2n) is 6.15. The summed E-state index contributed by atoms with van der Waals surface area (Å²) in [5.41, 5.74) is -0.584. The number of ether oxygens (including phenoxy) is 1. The first-order valence-corrected chi connectivity index (χ1v) is 9.95. The number of amides is 2. The third-order valence-corrected chi connectivity index (χ3v) is 6.25. The first kappa shape index (κ1) is 21.2. The molecule has 1 aromatic carbocycles. The van der Waals surface area contributed by atoms with Gasteiger partial charge in [0.2, 0.25) is 11.8 Å². The number of alkyl halides is 3. The van der Waals surface area contributed by atoms with Crippen LogP contribution in [0.15, 0.2) is 29.2 Å². The molecule has 29 heavy (non-hydrogen) atoms. The molecular formula is C18H15F3N2O4S2. The van der Waals surface area contributed by atoms with Crippen molar-refractivity contribution in [1.29, 1.82) is 0 Å². The SMILES string of the molecule is COC(=O)c1cc(C)sc1NC(=O)C[C@@H]1Sc2ccc(C(F)(F)F)cc2NC1=O. The van der Waals surface area contributed by atoms with Gasteiger partial charge in [0, 0.05) is 16.2 Å².